The minimum absolute atomic E-state index is 0.389. The molecule has 1 aliphatic rings. The zero-order chi connectivity index (χ0) is 18.8. The third-order valence-corrected chi connectivity index (χ3v) is 5.46. The zero-order valence-corrected chi connectivity index (χ0v) is 15.5. The molecule has 3 nitrogen and oxygen atoms in total. The predicted molar refractivity (Wildman–Crippen MR) is 109 cm³/mol. The van der Waals surface area contributed by atoms with Gasteiger partial charge in [-0.2, -0.15) is 0 Å². The van der Waals surface area contributed by atoms with Gasteiger partial charge in [-0.15, -0.1) is 0 Å². The lowest BCUT2D eigenvalue weighted by Gasteiger charge is -2.14. The molecule has 3 N–H and O–H groups in total. The molecule has 0 fully saturated rings. The van der Waals surface area contributed by atoms with Gasteiger partial charge in [0.1, 0.15) is 0 Å². The summed E-state index contributed by atoms with van der Waals surface area (Å²) in [5, 5.41) is 3.69. The second-order valence-corrected chi connectivity index (χ2v) is 7.26. The molecule has 0 radical (unpaired) electrons. The van der Waals surface area contributed by atoms with Crippen molar-refractivity contribution in [3.63, 3.8) is 0 Å². The Balaban J connectivity index is 1.45. The van der Waals surface area contributed by atoms with Crippen LogP contribution in [0.4, 0.5) is 0 Å². The summed E-state index contributed by atoms with van der Waals surface area (Å²) >= 11 is 0. The third-order valence-electron chi connectivity index (χ3n) is 5.46. The first-order valence-electron chi connectivity index (χ1n) is 9.43. The first kappa shape index (κ1) is 17.5. The molecule has 3 aromatic carbocycles. The summed E-state index contributed by atoms with van der Waals surface area (Å²) in [5.74, 6) is -0.389. The van der Waals surface area contributed by atoms with Gasteiger partial charge in [0.2, 0.25) is 5.91 Å². The van der Waals surface area contributed by atoms with E-state index in [2.05, 4.69) is 53.8 Å². The summed E-state index contributed by atoms with van der Waals surface area (Å²) in [4.78, 5) is 11.3. The zero-order valence-electron chi connectivity index (χ0n) is 15.5. The molecule has 4 rings (SSSR count). The van der Waals surface area contributed by atoms with Gasteiger partial charge in [-0.25, -0.2) is 0 Å². The smallest absolute Gasteiger partial charge is 0.248 e. The predicted octanol–water partition coefficient (Wildman–Crippen LogP) is 4.54. The summed E-state index contributed by atoms with van der Waals surface area (Å²) in [5.41, 5.74) is 13.4. The van der Waals surface area contributed by atoms with Crippen molar-refractivity contribution >= 4 is 5.91 Å². The summed E-state index contributed by atoms with van der Waals surface area (Å²) in [6.07, 6.45) is 2.33. The maximum Gasteiger partial charge on any atom is 0.248 e. The number of hydrogen-bond acceptors (Lipinski definition) is 2. The van der Waals surface area contributed by atoms with E-state index in [0.717, 1.165) is 29.7 Å². The van der Waals surface area contributed by atoms with Crippen molar-refractivity contribution in [1.29, 1.82) is 0 Å². The average Bonchev–Trinajstić information content (AvgIpc) is 3.10. The fraction of sp³-hybridized carbons (Fsp3) is 0.208. The summed E-state index contributed by atoms with van der Waals surface area (Å²) in [6, 6.07) is 23.4. The molecule has 3 aromatic rings. The Kier molecular flexibility index (Phi) is 4.78. The fourth-order valence-electron chi connectivity index (χ4n) is 3.95. The molecular formula is C24H24N2O. The van der Waals surface area contributed by atoms with E-state index in [-0.39, 0.29) is 5.91 Å². The number of rotatable bonds is 5. The van der Waals surface area contributed by atoms with Crippen LogP contribution in [-0.4, -0.2) is 5.91 Å². The van der Waals surface area contributed by atoms with Crippen LogP contribution in [0.1, 0.15) is 45.1 Å². The summed E-state index contributed by atoms with van der Waals surface area (Å²) in [7, 11) is 0. The molecule has 1 atom stereocenters. The highest BCUT2D eigenvalue weighted by molar-refractivity contribution is 5.93. The van der Waals surface area contributed by atoms with Crippen LogP contribution in [0.15, 0.2) is 66.7 Å². The maximum atomic E-state index is 11.3. The Morgan fingerprint density at radius 1 is 1.07 bits per heavy atom. The van der Waals surface area contributed by atoms with Crippen LogP contribution >= 0.6 is 0 Å². The van der Waals surface area contributed by atoms with Crippen molar-refractivity contribution in [2.24, 2.45) is 5.73 Å². The number of aryl methyl sites for hydroxylation is 2. The van der Waals surface area contributed by atoms with Crippen molar-refractivity contribution in [3.8, 4) is 11.1 Å². The number of carbonyl (C=O) groups is 1. The lowest BCUT2D eigenvalue weighted by Crippen LogP contribution is -2.18. The van der Waals surface area contributed by atoms with Crippen molar-refractivity contribution < 1.29 is 4.79 Å². The number of hydrogen-bond donors (Lipinski definition) is 2. The van der Waals surface area contributed by atoms with E-state index in [9.17, 15) is 4.79 Å². The van der Waals surface area contributed by atoms with Gasteiger partial charge in [0.05, 0.1) is 0 Å². The van der Waals surface area contributed by atoms with Crippen LogP contribution in [0.5, 0.6) is 0 Å². The quantitative estimate of drug-likeness (QED) is 0.705. The van der Waals surface area contributed by atoms with Gasteiger partial charge in [-0.1, -0.05) is 54.6 Å². The number of nitrogens with one attached hydrogen (secondary N) is 1. The number of nitrogens with two attached hydrogens (primary N) is 1. The minimum atomic E-state index is -0.389. The van der Waals surface area contributed by atoms with Crippen molar-refractivity contribution in [2.75, 3.05) is 0 Å². The summed E-state index contributed by atoms with van der Waals surface area (Å²) < 4.78 is 0. The fourth-order valence-corrected chi connectivity index (χ4v) is 3.95. The highest BCUT2D eigenvalue weighted by Crippen LogP contribution is 2.31. The van der Waals surface area contributed by atoms with E-state index >= 15 is 0 Å². The second-order valence-electron chi connectivity index (χ2n) is 7.26. The van der Waals surface area contributed by atoms with Crippen LogP contribution in [0.3, 0.4) is 0 Å². The molecule has 136 valence electrons. The van der Waals surface area contributed by atoms with Crippen LogP contribution in [-0.2, 0) is 13.0 Å². The highest BCUT2D eigenvalue weighted by atomic mass is 16.1. The van der Waals surface area contributed by atoms with Crippen molar-refractivity contribution in [1.82, 2.24) is 5.32 Å². The van der Waals surface area contributed by atoms with Gasteiger partial charge in [0.25, 0.3) is 0 Å². The SMILES string of the molecule is Cc1cc(C(N)=O)ccc1-c1ccc(CN[C@H]2CCc3ccccc32)cc1. The molecule has 0 spiro atoms. The normalized spacial score (nSPS) is 15.5. The molecule has 1 amide bonds. The van der Waals surface area contributed by atoms with Crippen LogP contribution < -0.4 is 11.1 Å². The molecule has 27 heavy (non-hydrogen) atoms. The maximum absolute atomic E-state index is 11.3. The molecule has 0 heterocycles. The van der Waals surface area contributed by atoms with Gasteiger partial charge < -0.3 is 11.1 Å². The lowest BCUT2D eigenvalue weighted by molar-refractivity contribution is 0.1000. The molecule has 1 aliphatic carbocycles. The van der Waals surface area contributed by atoms with Crippen LogP contribution in [0.25, 0.3) is 11.1 Å². The van der Waals surface area contributed by atoms with Gasteiger partial charge in [0, 0.05) is 18.2 Å². The van der Waals surface area contributed by atoms with Crippen molar-refractivity contribution in [3.05, 3.63) is 94.5 Å². The van der Waals surface area contributed by atoms with Gasteiger partial charge in [-0.05, 0) is 65.3 Å². The van der Waals surface area contributed by atoms with E-state index in [4.69, 9.17) is 5.73 Å². The number of amides is 1. The van der Waals surface area contributed by atoms with E-state index in [1.54, 1.807) is 6.07 Å². The number of fused-ring (bicyclic) bond motifs is 1. The molecule has 0 saturated heterocycles. The Bertz CT molecular complexity index is 976. The molecule has 0 saturated carbocycles. The molecule has 0 bridgehead atoms. The van der Waals surface area contributed by atoms with E-state index in [0.29, 0.717) is 11.6 Å². The molecule has 0 aliphatic heterocycles. The molecule has 3 heteroatoms. The largest absolute Gasteiger partial charge is 0.366 e. The first-order valence-corrected chi connectivity index (χ1v) is 9.43. The Morgan fingerprint density at radius 3 is 2.59 bits per heavy atom. The van der Waals surface area contributed by atoms with E-state index in [1.807, 2.05) is 19.1 Å². The van der Waals surface area contributed by atoms with Gasteiger partial charge in [-0.3, -0.25) is 4.79 Å². The third kappa shape index (κ3) is 3.64. The monoisotopic (exact) mass is 356 g/mol. The highest BCUT2D eigenvalue weighted by Gasteiger charge is 2.20. The second kappa shape index (κ2) is 7.37. The Morgan fingerprint density at radius 2 is 1.85 bits per heavy atom. The lowest BCUT2D eigenvalue weighted by atomic mass is 9.97. The van der Waals surface area contributed by atoms with Crippen LogP contribution in [0, 0.1) is 6.92 Å². The number of carbonyl (C=O) groups excluding carboxylic acids is 1. The number of primary amides is 1. The van der Waals surface area contributed by atoms with E-state index < -0.39 is 0 Å². The minimum Gasteiger partial charge on any atom is -0.366 e. The van der Waals surface area contributed by atoms with Gasteiger partial charge >= 0.3 is 0 Å². The standard InChI is InChI=1S/C24H24N2O/c1-16-14-20(24(25)27)10-12-21(16)19-8-6-17(7-9-19)15-26-23-13-11-18-4-2-3-5-22(18)23/h2-10,12,14,23,26H,11,13,15H2,1H3,(H2,25,27)/t23-/m0/s1. The molecule has 0 aromatic heterocycles. The Labute approximate surface area is 160 Å². The Hall–Kier alpha value is -2.91. The summed E-state index contributed by atoms with van der Waals surface area (Å²) in [6.45, 7) is 2.87. The number of benzene rings is 3. The molecular weight excluding hydrogens is 332 g/mol. The van der Waals surface area contributed by atoms with Crippen LogP contribution in [0.2, 0.25) is 0 Å². The molecule has 0 unspecified atom stereocenters. The first-order chi connectivity index (χ1) is 13.1. The van der Waals surface area contributed by atoms with E-state index in [1.165, 1.54) is 23.1 Å². The van der Waals surface area contributed by atoms with Crippen molar-refractivity contribution in [2.45, 2.75) is 32.4 Å². The van der Waals surface area contributed by atoms with Gasteiger partial charge in [0.15, 0.2) is 0 Å². The average molecular weight is 356 g/mol. The topological polar surface area (TPSA) is 55.1 Å².